The Kier molecular flexibility index (Phi) is 4.52. The zero-order valence-corrected chi connectivity index (χ0v) is 13.0. The van der Waals surface area contributed by atoms with Gasteiger partial charge in [-0.2, -0.15) is 18.2 Å². The SMILES string of the molecule is CCCc1ccc(C(N2NC(=O)CC2(C)C)C(F)(F)F)cc1. The van der Waals surface area contributed by atoms with Gasteiger partial charge in [-0.05, 0) is 31.4 Å². The first-order valence-corrected chi connectivity index (χ1v) is 7.39. The average molecular weight is 314 g/mol. The van der Waals surface area contributed by atoms with Crippen molar-refractivity contribution in [2.75, 3.05) is 0 Å². The minimum atomic E-state index is -4.47. The summed E-state index contributed by atoms with van der Waals surface area (Å²) >= 11 is 0. The molecule has 0 saturated carbocycles. The zero-order chi connectivity index (χ0) is 16.5. The molecule has 1 aliphatic heterocycles. The standard InChI is InChI=1S/C16H21F3N2O/c1-4-5-11-6-8-12(9-7-11)14(16(17,18)19)21-15(2,3)10-13(22)20-21/h6-9,14H,4-5,10H2,1-3H3,(H,20,22). The van der Waals surface area contributed by atoms with Crippen molar-refractivity contribution in [3.8, 4) is 0 Å². The lowest BCUT2D eigenvalue weighted by Crippen LogP contribution is -2.51. The van der Waals surface area contributed by atoms with Crippen LogP contribution in [0.5, 0.6) is 0 Å². The fourth-order valence-corrected chi connectivity index (χ4v) is 2.86. The number of halogens is 3. The predicted octanol–water partition coefficient (Wildman–Crippen LogP) is 3.76. The largest absolute Gasteiger partial charge is 0.409 e. The summed E-state index contributed by atoms with van der Waals surface area (Å²) < 4.78 is 40.8. The molecule has 2 rings (SSSR count). The lowest BCUT2D eigenvalue weighted by atomic mass is 9.96. The number of benzene rings is 1. The van der Waals surface area contributed by atoms with Gasteiger partial charge in [0.25, 0.3) is 0 Å². The lowest BCUT2D eigenvalue weighted by Gasteiger charge is -2.38. The molecule has 0 aromatic heterocycles. The molecular weight excluding hydrogens is 293 g/mol. The van der Waals surface area contributed by atoms with E-state index in [2.05, 4.69) is 5.43 Å². The first-order valence-electron chi connectivity index (χ1n) is 7.39. The topological polar surface area (TPSA) is 32.3 Å². The van der Waals surface area contributed by atoms with E-state index in [9.17, 15) is 18.0 Å². The molecule has 1 aliphatic rings. The summed E-state index contributed by atoms with van der Waals surface area (Å²) in [4.78, 5) is 11.6. The summed E-state index contributed by atoms with van der Waals surface area (Å²) in [5.74, 6) is -0.387. The van der Waals surface area contributed by atoms with Crippen molar-refractivity contribution in [2.45, 2.75) is 57.8 Å². The number of amides is 1. The van der Waals surface area contributed by atoms with Gasteiger partial charge in [-0.15, -0.1) is 0 Å². The van der Waals surface area contributed by atoms with Crippen LogP contribution in [0.25, 0.3) is 0 Å². The minimum absolute atomic E-state index is 0.0491. The van der Waals surface area contributed by atoms with Crippen molar-refractivity contribution in [2.24, 2.45) is 0 Å². The van der Waals surface area contributed by atoms with Crippen LogP contribution in [0.15, 0.2) is 24.3 Å². The molecule has 22 heavy (non-hydrogen) atoms. The Morgan fingerprint density at radius 1 is 1.27 bits per heavy atom. The monoisotopic (exact) mass is 314 g/mol. The first-order chi connectivity index (χ1) is 10.1. The molecule has 1 aromatic carbocycles. The molecule has 1 heterocycles. The third-order valence-electron chi connectivity index (χ3n) is 3.89. The Balaban J connectivity index is 2.37. The van der Waals surface area contributed by atoms with Crippen LogP contribution < -0.4 is 5.43 Å². The van der Waals surface area contributed by atoms with E-state index in [0.717, 1.165) is 23.4 Å². The van der Waals surface area contributed by atoms with Gasteiger partial charge in [-0.3, -0.25) is 10.2 Å². The van der Waals surface area contributed by atoms with Gasteiger partial charge in [0.05, 0.1) is 0 Å². The summed E-state index contributed by atoms with van der Waals surface area (Å²) in [6, 6.07) is 4.61. The zero-order valence-electron chi connectivity index (χ0n) is 13.0. The normalized spacial score (nSPS) is 20.0. The number of aryl methyl sites for hydroxylation is 1. The molecular formula is C16H21F3N2O. The van der Waals surface area contributed by atoms with Crippen molar-refractivity contribution in [1.82, 2.24) is 10.4 Å². The number of carbonyl (C=O) groups excluding carboxylic acids is 1. The maximum atomic E-state index is 13.6. The highest BCUT2D eigenvalue weighted by Crippen LogP contribution is 2.42. The van der Waals surface area contributed by atoms with Crippen LogP contribution in [0.2, 0.25) is 0 Å². The molecule has 1 atom stereocenters. The highest BCUT2D eigenvalue weighted by Gasteiger charge is 2.52. The number of nitrogens with zero attached hydrogens (tertiary/aromatic N) is 1. The molecule has 1 N–H and O–H groups in total. The number of hydrazine groups is 1. The number of hydrogen-bond donors (Lipinski definition) is 1. The van der Waals surface area contributed by atoms with Crippen molar-refractivity contribution >= 4 is 5.91 Å². The van der Waals surface area contributed by atoms with Crippen LogP contribution in [0.1, 0.15) is 50.8 Å². The van der Waals surface area contributed by atoms with E-state index in [4.69, 9.17) is 0 Å². The molecule has 0 bridgehead atoms. The first kappa shape index (κ1) is 16.8. The number of nitrogens with one attached hydrogen (secondary N) is 1. The van der Waals surface area contributed by atoms with Gasteiger partial charge in [0.2, 0.25) is 5.91 Å². The second-order valence-corrected chi connectivity index (χ2v) is 6.33. The van der Waals surface area contributed by atoms with Crippen molar-refractivity contribution in [1.29, 1.82) is 0 Å². The Hall–Kier alpha value is -1.56. The third kappa shape index (κ3) is 3.43. The molecule has 1 aromatic rings. The summed E-state index contributed by atoms with van der Waals surface area (Å²) in [5, 5.41) is 1.03. The Morgan fingerprint density at radius 2 is 1.86 bits per heavy atom. The molecule has 0 spiro atoms. The molecule has 122 valence electrons. The van der Waals surface area contributed by atoms with E-state index in [1.807, 2.05) is 6.92 Å². The maximum absolute atomic E-state index is 13.6. The van der Waals surface area contributed by atoms with E-state index in [0.29, 0.717) is 0 Å². The molecule has 6 heteroatoms. The third-order valence-corrected chi connectivity index (χ3v) is 3.89. The van der Waals surface area contributed by atoms with Crippen LogP contribution in [0.3, 0.4) is 0 Å². The molecule has 0 aliphatic carbocycles. The summed E-state index contributed by atoms with van der Waals surface area (Å²) in [5.41, 5.74) is 2.63. The van der Waals surface area contributed by atoms with E-state index in [1.54, 1.807) is 26.0 Å². The second-order valence-electron chi connectivity index (χ2n) is 6.33. The Morgan fingerprint density at radius 3 is 2.27 bits per heavy atom. The maximum Gasteiger partial charge on any atom is 0.409 e. The van der Waals surface area contributed by atoms with Crippen LogP contribution in [0.4, 0.5) is 13.2 Å². The average Bonchev–Trinajstić information content (AvgIpc) is 2.64. The van der Waals surface area contributed by atoms with Gasteiger partial charge in [0, 0.05) is 12.0 Å². The Bertz CT molecular complexity index is 537. The van der Waals surface area contributed by atoms with E-state index >= 15 is 0 Å². The van der Waals surface area contributed by atoms with Gasteiger partial charge in [0.15, 0.2) is 6.04 Å². The smallest absolute Gasteiger partial charge is 0.287 e. The number of carbonyl (C=O) groups is 1. The highest BCUT2D eigenvalue weighted by atomic mass is 19.4. The summed E-state index contributed by atoms with van der Waals surface area (Å²) in [6.45, 7) is 5.29. The quantitative estimate of drug-likeness (QED) is 0.918. The van der Waals surface area contributed by atoms with Crippen molar-refractivity contribution in [3.05, 3.63) is 35.4 Å². The molecule has 1 amide bonds. The van der Waals surface area contributed by atoms with Crippen LogP contribution >= 0.6 is 0 Å². The number of hydrogen-bond acceptors (Lipinski definition) is 2. The highest BCUT2D eigenvalue weighted by molar-refractivity contribution is 5.79. The predicted molar refractivity (Wildman–Crippen MR) is 77.9 cm³/mol. The molecule has 3 nitrogen and oxygen atoms in total. The van der Waals surface area contributed by atoms with Gasteiger partial charge >= 0.3 is 6.18 Å². The van der Waals surface area contributed by atoms with Crippen molar-refractivity contribution in [3.63, 3.8) is 0 Å². The Labute approximate surface area is 128 Å². The van der Waals surface area contributed by atoms with E-state index in [-0.39, 0.29) is 17.9 Å². The van der Waals surface area contributed by atoms with Gasteiger partial charge in [-0.1, -0.05) is 37.6 Å². The minimum Gasteiger partial charge on any atom is -0.287 e. The number of alkyl halides is 3. The molecule has 1 fully saturated rings. The number of rotatable bonds is 4. The van der Waals surface area contributed by atoms with E-state index in [1.165, 1.54) is 12.1 Å². The molecule has 0 radical (unpaired) electrons. The summed E-state index contributed by atoms with van der Waals surface area (Å²) in [6.07, 6.45) is -2.64. The van der Waals surface area contributed by atoms with Crippen LogP contribution in [0, 0.1) is 0 Å². The molecule has 1 unspecified atom stereocenters. The van der Waals surface area contributed by atoms with Gasteiger partial charge < -0.3 is 0 Å². The van der Waals surface area contributed by atoms with Gasteiger partial charge in [0.1, 0.15) is 0 Å². The molecule has 1 saturated heterocycles. The van der Waals surface area contributed by atoms with Crippen molar-refractivity contribution < 1.29 is 18.0 Å². The summed E-state index contributed by atoms with van der Waals surface area (Å²) in [7, 11) is 0. The fourth-order valence-electron chi connectivity index (χ4n) is 2.86. The second kappa shape index (κ2) is 5.91. The van der Waals surface area contributed by atoms with Gasteiger partial charge in [-0.25, -0.2) is 0 Å². The van der Waals surface area contributed by atoms with Crippen LogP contribution in [-0.4, -0.2) is 22.6 Å². The lowest BCUT2D eigenvalue weighted by molar-refractivity contribution is -0.203. The van der Waals surface area contributed by atoms with E-state index < -0.39 is 17.8 Å². The fraction of sp³-hybridized carbons (Fsp3) is 0.562. The van der Waals surface area contributed by atoms with Crippen LogP contribution in [-0.2, 0) is 11.2 Å².